The summed E-state index contributed by atoms with van der Waals surface area (Å²) in [5, 5.41) is 2.07. The molecule has 2 aliphatic rings. The number of rotatable bonds is 2. The molecule has 0 radical (unpaired) electrons. The number of hydrogen-bond acceptors (Lipinski definition) is 3. The zero-order chi connectivity index (χ0) is 14.1. The van der Waals surface area contributed by atoms with Crippen LogP contribution < -0.4 is 5.32 Å². The Morgan fingerprint density at radius 1 is 1.35 bits per heavy atom. The Labute approximate surface area is 121 Å². The number of carbonyl (C=O) groups is 1. The number of fused-ring (bicyclic) bond motifs is 1. The van der Waals surface area contributed by atoms with Gasteiger partial charge < -0.3 is 14.8 Å². The highest BCUT2D eigenvalue weighted by molar-refractivity contribution is 6.21. The van der Waals surface area contributed by atoms with E-state index in [1.165, 1.54) is 6.07 Å². The van der Waals surface area contributed by atoms with Gasteiger partial charge in [0.25, 0.3) is 0 Å². The van der Waals surface area contributed by atoms with Crippen LogP contribution in [0.1, 0.15) is 22.9 Å². The van der Waals surface area contributed by atoms with Crippen LogP contribution in [0.4, 0.5) is 10.1 Å². The van der Waals surface area contributed by atoms with Crippen LogP contribution in [-0.2, 0) is 20.7 Å². The molecule has 4 nitrogen and oxygen atoms in total. The smallest absolute Gasteiger partial charge is 0.224 e. The Bertz CT molecular complexity index is 531. The topological polar surface area (TPSA) is 47.6 Å². The van der Waals surface area contributed by atoms with Crippen molar-refractivity contribution in [3.8, 4) is 0 Å². The maximum absolute atomic E-state index is 14.2. The van der Waals surface area contributed by atoms with Gasteiger partial charge in [-0.05, 0) is 24.1 Å². The van der Waals surface area contributed by atoms with E-state index in [0.29, 0.717) is 43.9 Å². The minimum Gasteiger partial charge on any atom is -0.376 e. The molecule has 0 spiro atoms. The SMILES string of the molecule is O=C1CCc2cc(C(Cl)C3COCCO3)c(F)cc2N1. The van der Waals surface area contributed by atoms with Crippen LogP contribution in [0.25, 0.3) is 0 Å². The van der Waals surface area contributed by atoms with Crippen LogP contribution in [0.15, 0.2) is 12.1 Å². The first kappa shape index (κ1) is 13.8. The van der Waals surface area contributed by atoms with Gasteiger partial charge in [0.05, 0.1) is 25.2 Å². The zero-order valence-corrected chi connectivity index (χ0v) is 11.6. The molecular formula is C14H15ClFNO3. The number of alkyl halides is 1. The van der Waals surface area contributed by atoms with E-state index in [1.807, 2.05) is 0 Å². The Hall–Kier alpha value is -1.17. The third-order valence-corrected chi connectivity index (χ3v) is 4.10. The molecule has 0 bridgehead atoms. The molecule has 0 aromatic heterocycles. The molecule has 1 aromatic rings. The highest BCUT2D eigenvalue weighted by Gasteiger charge is 2.28. The molecule has 1 aromatic carbocycles. The lowest BCUT2D eigenvalue weighted by Gasteiger charge is -2.28. The van der Waals surface area contributed by atoms with Gasteiger partial charge in [0, 0.05) is 17.7 Å². The van der Waals surface area contributed by atoms with E-state index in [9.17, 15) is 9.18 Å². The van der Waals surface area contributed by atoms with Crippen molar-refractivity contribution < 1.29 is 18.7 Å². The fourth-order valence-corrected chi connectivity index (χ4v) is 2.82. The van der Waals surface area contributed by atoms with Crippen LogP contribution in [0.5, 0.6) is 0 Å². The van der Waals surface area contributed by atoms with Gasteiger partial charge in [0.2, 0.25) is 5.91 Å². The fourth-order valence-electron chi connectivity index (χ4n) is 2.51. The summed E-state index contributed by atoms with van der Waals surface area (Å²) in [6.45, 7) is 1.37. The predicted molar refractivity (Wildman–Crippen MR) is 72.5 cm³/mol. The Morgan fingerprint density at radius 2 is 2.20 bits per heavy atom. The lowest BCUT2D eigenvalue weighted by atomic mass is 9.97. The van der Waals surface area contributed by atoms with E-state index in [0.717, 1.165) is 5.56 Å². The van der Waals surface area contributed by atoms with Crippen molar-refractivity contribution in [2.75, 3.05) is 25.1 Å². The highest BCUT2D eigenvalue weighted by atomic mass is 35.5. The standard InChI is InChI=1S/C14H15ClFNO3/c15-14(12-7-19-3-4-20-12)9-5-8-1-2-13(18)17-11(8)6-10(9)16/h5-6,12,14H,1-4,7H2,(H,17,18). The second-order valence-electron chi connectivity index (χ2n) is 4.96. The fraction of sp³-hybridized carbons (Fsp3) is 0.500. The lowest BCUT2D eigenvalue weighted by molar-refractivity contribution is -0.116. The summed E-state index contributed by atoms with van der Waals surface area (Å²) in [4.78, 5) is 11.3. The summed E-state index contributed by atoms with van der Waals surface area (Å²) >= 11 is 6.33. The number of hydrogen-bond donors (Lipinski definition) is 1. The number of carbonyl (C=O) groups excluding carboxylic acids is 1. The van der Waals surface area contributed by atoms with Crippen LogP contribution in [0, 0.1) is 5.82 Å². The molecule has 20 heavy (non-hydrogen) atoms. The van der Waals surface area contributed by atoms with E-state index in [2.05, 4.69) is 5.32 Å². The largest absolute Gasteiger partial charge is 0.376 e. The minimum absolute atomic E-state index is 0.0870. The second kappa shape index (κ2) is 5.68. The molecule has 0 aliphatic carbocycles. The monoisotopic (exact) mass is 299 g/mol. The second-order valence-corrected chi connectivity index (χ2v) is 5.44. The average molecular weight is 300 g/mol. The van der Waals surface area contributed by atoms with Crippen LogP contribution >= 0.6 is 11.6 Å². The third kappa shape index (κ3) is 2.66. The number of nitrogens with one attached hydrogen (secondary N) is 1. The highest BCUT2D eigenvalue weighted by Crippen LogP contribution is 2.34. The van der Waals surface area contributed by atoms with Gasteiger partial charge in [-0.15, -0.1) is 11.6 Å². The van der Waals surface area contributed by atoms with Crippen molar-refractivity contribution in [1.82, 2.24) is 0 Å². The molecule has 1 saturated heterocycles. The first-order valence-corrected chi connectivity index (χ1v) is 7.04. The summed E-state index contributed by atoms with van der Waals surface area (Å²) in [5.41, 5.74) is 1.84. The van der Waals surface area contributed by atoms with Gasteiger partial charge in [0.1, 0.15) is 11.9 Å². The molecule has 2 heterocycles. The van der Waals surface area contributed by atoms with Crippen LogP contribution in [-0.4, -0.2) is 31.8 Å². The minimum atomic E-state index is -0.599. The summed E-state index contributed by atoms with van der Waals surface area (Å²) in [6, 6.07) is 3.06. The third-order valence-electron chi connectivity index (χ3n) is 3.58. The molecule has 0 saturated carbocycles. The number of aryl methyl sites for hydroxylation is 1. The van der Waals surface area contributed by atoms with Gasteiger partial charge in [-0.1, -0.05) is 0 Å². The van der Waals surface area contributed by atoms with Crippen molar-refractivity contribution in [2.24, 2.45) is 0 Å². The van der Waals surface area contributed by atoms with Gasteiger partial charge in [0.15, 0.2) is 0 Å². The average Bonchev–Trinajstić information content (AvgIpc) is 2.46. The molecule has 108 valence electrons. The van der Waals surface area contributed by atoms with Crippen LogP contribution in [0.3, 0.4) is 0 Å². The van der Waals surface area contributed by atoms with Gasteiger partial charge in [-0.25, -0.2) is 4.39 Å². The van der Waals surface area contributed by atoms with E-state index >= 15 is 0 Å². The molecule has 1 N–H and O–H groups in total. The molecule has 1 fully saturated rings. The number of anilines is 1. The van der Waals surface area contributed by atoms with Crippen molar-refractivity contribution in [2.45, 2.75) is 24.3 Å². The lowest BCUT2D eigenvalue weighted by Crippen LogP contribution is -2.32. The Balaban J connectivity index is 1.87. The van der Waals surface area contributed by atoms with E-state index in [1.54, 1.807) is 6.07 Å². The number of amides is 1. The molecule has 2 unspecified atom stereocenters. The summed E-state index contributed by atoms with van der Waals surface area (Å²) in [7, 11) is 0. The maximum Gasteiger partial charge on any atom is 0.224 e. The molecule has 2 atom stereocenters. The van der Waals surface area contributed by atoms with Crippen LogP contribution in [0.2, 0.25) is 0 Å². The molecule has 2 aliphatic heterocycles. The summed E-state index contributed by atoms with van der Waals surface area (Å²) in [5.74, 6) is -0.517. The number of halogens is 2. The van der Waals surface area contributed by atoms with E-state index in [-0.39, 0.29) is 12.0 Å². The first-order valence-electron chi connectivity index (χ1n) is 6.61. The van der Waals surface area contributed by atoms with Crippen molar-refractivity contribution in [3.63, 3.8) is 0 Å². The molecule has 3 rings (SSSR count). The quantitative estimate of drug-likeness (QED) is 0.853. The maximum atomic E-state index is 14.2. The van der Waals surface area contributed by atoms with Gasteiger partial charge >= 0.3 is 0 Å². The van der Waals surface area contributed by atoms with E-state index in [4.69, 9.17) is 21.1 Å². The molecule has 6 heteroatoms. The number of ether oxygens (including phenoxy) is 2. The Kier molecular flexibility index (Phi) is 3.92. The van der Waals surface area contributed by atoms with Gasteiger partial charge in [-0.3, -0.25) is 4.79 Å². The molecule has 1 amide bonds. The number of benzene rings is 1. The Morgan fingerprint density at radius 3 is 2.95 bits per heavy atom. The van der Waals surface area contributed by atoms with Crippen molar-refractivity contribution in [3.05, 3.63) is 29.1 Å². The first-order chi connectivity index (χ1) is 9.65. The molecular weight excluding hydrogens is 285 g/mol. The summed E-state index contributed by atoms with van der Waals surface area (Å²) in [6.07, 6.45) is 0.657. The van der Waals surface area contributed by atoms with Crippen molar-refractivity contribution in [1.29, 1.82) is 0 Å². The van der Waals surface area contributed by atoms with Crippen molar-refractivity contribution >= 4 is 23.2 Å². The summed E-state index contributed by atoms with van der Waals surface area (Å²) < 4.78 is 25.0. The van der Waals surface area contributed by atoms with Gasteiger partial charge in [-0.2, -0.15) is 0 Å². The predicted octanol–water partition coefficient (Wildman–Crippen LogP) is 2.41. The van der Waals surface area contributed by atoms with E-state index < -0.39 is 11.2 Å². The zero-order valence-electron chi connectivity index (χ0n) is 10.8. The normalized spacial score (nSPS) is 23.9.